The second-order valence-electron chi connectivity index (χ2n) is 7.67. The Labute approximate surface area is 200 Å². The van der Waals surface area contributed by atoms with Gasteiger partial charge in [0, 0.05) is 22.5 Å². The maximum absolute atomic E-state index is 14.6. The van der Waals surface area contributed by atoms with Crippen LogP contribution < -0.4 is 0 Å². The van der Waals surface area contributed by atoms with Crippen molar-refractivity contribution in [3.8, 4) is 0 Å². The Bertz CT molecular complexity index is 1190. The van der Waals surface area contributed by atoms with Crippen LogP contribution in [0.5, 0.6) is 0 Å². The van der Waals surface area contributed by atoms with Crippen LogP contribution in [0.2, 0.25) is 10.0 Å². The van der Waals surface area contributed by atoms with Crippen LogP contribution in [0.4, 0.5) is 4.39 Å². The SMILES string of the molecule is CN(C(=O)c1c(F)cccc1Cl)[C@@]1(c2ccccc2Cl)CCC/C(=C\c2cccs2)C1=O. The molecule has 1 aliphatic carbocycles. The average molecular weight is 488 g/mol. The van der Waals surface area contributed by atoms with E-state index in [4.69, 9.17) is 23.2 Å². The van der Waals surface area contributed by atoms with Gasteiger partial charge in [0.05, 0.1) is 10.6 Å². The highest BCUT2D eigenvalue weighted by molar-refractivity contribution is 7.10. The van der Waals surface area contributed by atoms with E-state index >= 15 is 0 Å². The molecule has 1 aromatic heterocycles. The third kappa shape index (κ3) is 3.90. The van der Waals surface area contributed by atoms with Crippen molar-refractivity contribution in [1.82, 2.24) is 4.90 Å². The zero-order chi connectivity index (χ0) is 22.9. The molecule has 7 heteroatoms. The molecule has 0 saturated heterocycles. The van der Waals surface area contributed by atoms with Gasteiger partial charge >= 0.3 is 0 Å². The van der Waals surface area contributed by atoms with Crippen LogP contribution in [0, 0.1) is 5.82 Å². The van der Waals surface area contributed by atoms with Crippen molar-refractivity contribution in [1.29, 1.82) is 0 Å². The summed E-state index contributed by atoms with van der Waals surface area (Å²) in [5, 5.41) is 2.31. The maximum Gasteiger partial charge on any atom is 0.259 e. The topological polar surface area (TPSA) is 37.4 Å². The minimum atomic E-state index is -1.37. The molecular weight excluding hydrogens is 468 g/mol. The zero-order valence-electron chi connectivity index (χ0n) is 17.3. The van der Waals surface area contributed by atoms with Gasteiger partial charge in [0.1, 0.15) is 11.4 Å². The minimum absolute atomic E-state index is 0.00577. The standard InChI is InChI=1S/C25H20Cl2FNO2S/c1-29(24(31)22-20(27)11-4-12-21(22)28)25(18-9-2-3-10-19(18)26)13-5-7-16(23(25)30)15-17-8-6-14-32-17/h2-4,6,8-12,14-15H,5,7,13H2,1H3/b16-15+/t25-/m1/s1. The Kier molecular flexibility index (Phi) is 6.52. The van der Waals surface area contributed by atoms with Crippen LogP contribution in [0.15, 0.2) is 65.6 Å². The number of carbonyl (C=O) groups is 2. The molecule has 0 aliphatic heterocycles. The largest absolute Gasteiger partial charge is 0.324 e. The van der Waals surface area contributed by atoms with Gasteiger partial charge in [-0.3, -0.25) is 9.59 Å². The third-order valence-electron chi connectivity index (χ3n) is 5.88. The van der Waals surface area contributed by atoms with E-state index in [-0.39, 0.29) is 16.4 Å². The van der Waals surface area contributed by atoms with E-state index in [0.29, 0.717) is 35.4 Å². The Hall–Kier alpha value is -2.47. The van der Waals surface area contributed by atoms with Crippen molar-refractivity contribution in [2.24, 2.45) is 0 Å². The number of Topliss-reactive ketones (excluding diaryl/α,β-unsaturated/α-hetero) is 1. The lowest BCUT2D eigenvalue weighted by molar-refractivity contribution is -0.128. The van der Waals surface area contributed by atoms with Crippen molar-refractivity contribution in [2.75, 3.05) is 7.05 Å². The molecular formula is C25H20Cl2FNO2S. The van der Waals surface area contributed by atoms with Crippen molar-refractivity contribution in [3.63, 3.8) is 0 Å². The number of benzene rings is 2. The number of likely N-dealkylation sites (N-methyl/N-ethyl adjacent to an activating group) is 1. The molecule has 2 aromatic carbocycles. The fourth-order valence-electron chi connectivity index (χ4n) is 4.31. The predicted molar refractivity (Wildman–Crippen MR) is 128 cm³/mol. The van der Waals surface area contributed by atoms with Gasteiger partial charge in [-0.05, 0) is 60.6 Å². The number of amides is 1. The molecule has 0 N–H and O–H groups in total. The second kappa shape index (κ2) is 9.18. The Morgan fingerprint density at radius 2 is 1.84 bits per heavy atom. The Morgan fingerprint density at radius 3 is 2.53 bits per heavy atom. The number of rotatable bonds is 4. The van der Waals surface area contributed by atoms with Crippen LogP contribution in [-0.4, -0.2) is 23.6 Å². The first-order valence-corrected chi connectivity index (χ1v) is 11.8. The van der Waals surface area contributed by atoms with Crippen LogP contribution in [-0.2, 0) is 10.3 Å². The monoisotopic (exact) mass is 487 g/mol. The van der Waals surface area contributed by atoms with E-state index in [2.05, 4.69) is 0 Å². The summed E-state index contributed by atoms with van der Waals surface area (Å²) in [4.78, 5) is 29.8. The fourth-order valence-corrected chi connectivity index (χ4v) is 5.53. The molecule has 1 heterocycles. The fraction of sp³-hybridized carbons (Fsp3) is 0.200. The Morgan fingerprint density at radius 1 is 1.09 bits per heavy atom. The van der Waals surface area contributed by atoms with Gasteiger partial charge in [-0.1, -0.05) is 53.5 Å². The van der Waals surface area contributed by atoms with Gasteiger partial charge < -0.3 is 4.90 Å². The summed E-state index contributed by atoms with van der Waals surface area (Å²) in [6.07, 6.45) is 3.49. The molecule has 0 spiro atoms. The highest BCUT2D eigenvalue weighted by Crippen LogP contribution is 2.45. The highest BCUT2D eigenvalue weighted by atomic mass is 35.5. The summed E-state index contributed by atoms with van der Waals surface area (Å²) in [6.45, 7) is 0. The summed E-state index contributed by atoms with van der Waals surface area (Å²) in [7, 11) is 1.51. The van der Waals surface area contributed by atoms with Crippen molar-refractivity contribution >= 4 is 52.3 Å². The van der Waals surface area contributed by atoms with Crippen molar-refractivity contribution in [2.45, 2.75) is 24.8 Å². The first-order valence-electron chi connectivity index (χ1n) is 10.1. The number of carbonyl (C=O) groups excluding carboxylic acids is 2. The van der Waals surface area contributed by atoms with E-state index in [1.807, 2.05) is 23.6 Å². The summed E-state index contributed by atoms with van der Waals surface area (Å²) in [6, 6.07) is 14.9. The summed E-state index contributed by atoms with van der Waals surface area (Å²) < 4.78 is 14.6. The van der Waals surface area contributed by atoms with E-state index in [9.17, 15) is 14.0 Å². The van der Waals surface area contributed by atoms with Crippen LogP contribution in [0.25, 0.3) is 6.08 Å². The van der Waals surface area contributed by atoms with Crippen molar-refractivity contribution in [3.05, 3.63) is 97.4 Å². The number of hydrogen-bond donors (Lipinski definition) is 0. The number of hydrogen-bond acceptors (Lipinski definition) is 3. The smallest absolute Gasteiger partial charge is 0.259 e. The molecule has 164 valence electrons. The number of halogens is 3. The lowest BCUT2D eigenvalue weighted by Gasteiger charge is -2.44. The molecule has 0 radical (unpaired) electrons. The second-order valence-corrected chi connectivity index (χ2v) is 9.46. The molecule has 32 heavy (non-hydrogen) atoms. The molecule has 4 rings (SSSR count). The predicted octanol–water partition coefficient (Wildman–Crippen LogP) is 7.00. The zero-order valence-corrected chi connectivity index (χ0v) is 19.6. The number of thiophene rings is 1. The molecule has 3 aromatic rings. The molecule has 1 saturated carbocycles. The lowest BCUT2D eigenvalue weighted by atomic mass is 9.71. The number of ketones is 1. The van der Waals surface area contributed by atoms with Crippen LogP contribution in [0.3, 0.4) is 0 Å². The number of nitrogens with zero attached hydrogens (tertiary/aromatic N) is 1. The Balaban J connectivity index is 1.89. The molecule has 1 fully saturated rings. The van der Waals surface area contributed by atoms with Crippen LogP contribution in [0.1, 0.15) is 40.1 Å². The van der Waals surface area contributed by atoms with E-state index in [0.717, 1.165) is 4.88 Å². The van der Waals surface area contributed by atoms with Gasteiger partial charge in [-0.15, -0.1) is 11.3 Å². The molecule has 1 aliphatic rings. The third-order valence-corrected chi connectivity index (χ3v) is 7.35. The first-order chi connectivity index (χ1) is 15.4. The molecule has 0 unspecified atom stereocenters. The summed E-state index contributed by atoms with van der Waals surface area (Å²) >= 11 is 14.3. The van der Waals surface area contributed by atoms with E-state index < -0.39 is 17.3 Å². The first kappa shape index (κ1) is 22.7. The van der Waals surface area contributed by atoms with E-state index in [1.54, 1.807) is 24.3 Å². The van der Waals surface area contributed by atoms with E-state index in [1.165, 1.54) is 41.5 Å². The summed E-state index contributed by atoms with van der Waals surface area (Å²) in [5.74, 6) is -1.62. The van der Waals surface area contributed by atoms with Crippen molar-refractivity contribution < 1.29 is 14.0 Å². The molecule has 0 bridgehead atoms. The minimum Gasteiger partial charge on any atom is -0.324 e. The van der Waals surface area contributed by atoms with Gasteiger partial charge in [0.25, 0.3) is 5.91 Å². The van der Waals surface area contributed by atoms with Gasteiger partial charge in [0.15, 0.2) is 5.78 Å². The highest BCUT2D eigenvalue weighted by Gasteiger charge is 2.50. The average Bonchev–Trinajstić information content (AvgIpc) is 3.28. The quantitative estimate of drug-likeness (QED) is 0.371. The maximum atomic E-state index is 14.6. The normalized spacial score (nSPS) is 19.9. The molecule has 1 amide bonds. The molecule has 1 atom stereocenters. The van der Waals surface area contributed by atoms with Gasteiger partial charge in [-0.2, -0.15) is 0 Å². The van der Waals surface area contributed by atoms with Gasteiger partial charge in [-0.25, -0.2) is 4.39 Å². The lowest BCUT2D eigenvalue weighted by Crippen LogP contribution is -2.55. The van der Waals surface area contributed by atoms with Gasteiger partial charge in [0.2, 0.25) is 0 Å². The van der Waals surface area contributed by atoms with Crippen LogP contribution >= 0.6 is 34.5 Å². The summed E-state index contributed by atoms with van der Waals surface area (Å²) in [5.41, 5.74) is -0.502. The molecule has 3 nitrogen and oxygen atoms in total.